The lowest BCUT2D eigenvalue weighted by Gasteiger charge is -2.25. The Bertz CT molecular complexity index is 807. The number of morpholine rings is 1. The molecule has 0 spiro atoms. The Morgan fingerprint density at radius 3 is 2.29 bits per heavy atom. The molecule has 1 saturated heterocycles. The van der Waals surface area contributed by atoms with Crippen molar-refractivity contribution in [3.05, 3.63) is 53.0 Å². The molecule has 0 saturated carbocycles. The largest absolute Gasteiger partial charge is 0.484 e. The predicted octanol–water partition coefficient (Wildman–Crippen LogP) is 2.74. The number of hydrogen-bond acceptors (Lipinski definition) is 5. The van der Waals surface area contributed by atoms with E-state index >= 15 is 0 Å². The molecule has 0 aliphatic carbocycles. The Balaban J connectivity index is 1.43. The molecule has 1 heterocycles. The molecular formula is C20H22BrN3O4. The second-order valence-corrected chi connectivity index (χ2v) is 7.22. The molecule has 148 valence electrons. The zero-order valence-electron chi connectivity index (χ0n) is 15.3. The molecule has 28 heavy (non-hydrogen) atoms. The van der Waals surface area contributed by atoms with E-state index in [4.69, 9.17) is 9.47 Å². The summed E-state index contributed by atoms with van der Waals surface area (Å²) in [7, 11) is 0. The van der Waals surface area contributed by atoms with E-state index in [2.05, 4.69) is 31.5 Å². The topological polar surface area (TPSA) is 79.9 Å². The van der Waals surface area contributed by atoms with Crippen LogP contribution in [0.5, 0.6) is 5.75 Å². The normalized spacial score (nSPS) is 14.3. The van der Waals surface area contributed by atoms with Gasteiger partial charge in [0.15, 0.2) is 6.61 Å². The van der Waals surface area contributed by atoms with E-state index in [1.807, 2.05) is 12.1 Å². The molecule has 2 N–H and O–H groups in total. The van der Waals surface area contributed by atoms with Gasteiger partial charge in [-0.25, -0.2) is 0 Å². The van der Waals surface area contributed by atoms with Crippen molar-refractivity contribution in [1.82, 2.24) is 4.90 Å². The van der Waals surface area contributed by atoms with Crippen molar-refractivity contribution in [2.45, 2.75) is 0 Å². The molecule has 0 bridgehead atoms. The van der Waals surface area contributed by atoms with Crippen LogP contribution in [0, 0.1) is 0 Å². The van der Waals surface area contributed by atoms with Gasteiger partial charge >= 0.3 is 0 Å². The van der Waals surface area contributed by atoms with Gasteiger partial charge in [0.2, 0.25) is 5.91 Å². The molecule has 0 atom stereocenters. The molecule has 0 unspecified atom stereocenters. The van der Waals surface area contributed by atoms with Gasteiger partial charge in [-0.05, 0) is 42.5 Å². The van der Waals surface area contributed by atoms with Gasteiger partial charge in [-0.2, -0.15) is 0 Å². The summed E-state index contributed by atoms with van der Waals surface area (Å²) in [4.78, 5) is 26.2. The van der Waals surface area contributed by atoms with Crippen LogP contribution in [0.3, 0.4) is 0 Å². The summed E-state index contributed by atoms with van der Waals surface area (Å²) < 4.78 is 11.6. The van der Waals surface area contributed by atoms with E-state index in [1.54, 1.807) is 36.4 Å². The first-order valence-corrected chi connectivity index (χ1v) is 9.76. The van der Waals surface area contributed by atoms with Crippen molar-refractivity contribution in [3.63, 3.8) is 0 Å². The van der Waals surface area contributed by atoms with Crippen LogP contribution in [-0.4, -0.2) is 56.2 Å². The zero-order chi connectivity index (χ0) is 19.8. The number of nitrogens with one attached hydrogen (secondary N) is 2. The highest BCUT2D eigenvalue weighted by atomic mass is 79.9. The molecule has 1 fully saturated rings. The molecule has 0 radical (unpaired) electrons. The van der Waals surface area contributed by atoms with Crippen LogP contribution in [0.4, 0.5) is 11.4 Å². The fourth-order valence-corrected chi connectivity index (χ4v) is 3.08. The molecule has 0 aromatic heterocycles. The Morgan fingerprint density at radius 1 is 1.00 bits per heavy atom. The number of carbonyl (C=O) groups excluding carboxylic acids is 2. The van der Waals surface area contributed by atoms with Gasteiger partial charge in [0.1, 0.15) is 5.75 Å². The lowest BCUT2D eigenvalue weighted by molar-refractivity contribution is -0.119. The summed E-state index contributed by atoms with van der Waals surface area (Å²) >= 11 is 3.36. The van der Waals surface area contributed by atoms with E-state index < -0.39 is 0 Å². The van der Waals surface area contributed by atoms with E-state index in [0.29, 0.717) is 36.9 Å². The van der Waals surface area contributed by atoms with Crippen LogP contribution in [0.1, 0.15) is 0 Å². The second kappa shape index (κ2) is 10.2. The van der Waals surface area contributed by atoms with Gasteiger partial charge in [0.05, 0.1) is 19.8 Å². The van der Waals surface area contributed by atoms with Gasteiger partial charge in [0.25, 0.3) is 5.91 Å². The SMILES string of the molecule is O=C(COc1cccc(Br)c1)Nc1ccc(NC(=O)CN2CCOCC2)cc1. The number of halogens is 1. The maximum absolute atomic E-state index is 12.1. The van der Waals surface area contributed by atoms with Gasteiger partial charge in [-0.1, -0.05) is 22.0 Å². The summed E-state index contributed by atoms with van der Waals surface area (Å²) in [6.07, 6.45) is 0. The molecule has 1 aliphatic rings. The highest BCUT2D eigenvalue weighted by Gasteiger charge is 2.14. The minimum atomic E-state index is -0.260. The fraction of sp³-hybridized carbons (Fsp3) is 0.300. The van der Waals surface area contributed by atoms with Crippen LogP contribution in [0.15, 0.2) is 53.0 Å². The Labute approximate surface area is 172 Å². The van der Waals surface area contributed by atoms with E-state index in [0.717, 1.165) is 17.6 Å². The monoisotopic (exact) mass is 447 g/mol. The third-order valence-electron chi connectivity index (χ3n) is 4.09. The molecule has 2 aromatic rings. The lowest BCUT2D eigenvalue weighted by atomic mass is 10.2. The molecule has 3 rings (SSSR count). The smallest absolute Gasteiger partial charge is 0.262 e. The summed E-state index contributed by atoms with van der Waals surface area (Å²) in [5.74, 6) is 0.285. The first-order valence-electron chi connectivity index (χ1n) is 8.97. The average Bonchev–Trinajstić information content (AvgIpc) is 2.69. The Hall–Kier alpha value is -2.42. The van der Waals surface area contributed by atoms with Gasteiger partial charge in [-0.15, -0.1) is 0 Å². The van der Waals surface area contributed by atoms with Crippen molar-refractivity contribution < 1.29 is 19.1 Å². The number of hydrogen-bond donors (Lipinski definition) is 2. The first kappa shape index (κ1) is 20.3. The molecule has 7 nitrogen and oxygen atoms in total. The van der Waals surface area contributed by atoms with Crippen molar-refractivity contribution in [2.24, 2.45) is 0 Å². The van der Waals surface area contributed by atoms with Crippen LogP contribution in [0.2, 0.25) is 0 Å². The third kappa shape index (κ3) is 6.63. The summed E-state index contributed by atoms with van der Waals surface area (Å²) in [5, 5.41) is 5.62. The van der Waals surface area contributed by atoms with Gasteiger partial charge in [-0.3, -0.25) is 14.5 Å². The quantitative estimate of drug-likeness (QED) is 0.681. The molecule has 2 aromatic carbocycles. The van der Waals surface area contributed by atoms with Crippen molar-refractivity contribution in [3.8, 4) is 5.75 Å². The molecule has 1 aliphatic heterocycles. The van der Waals surface area contributed by atoms with E-state index in [-0.39, 0.29) is 18.4 Å². The Morgan fingerprint density at radius 2 is 1.64 bits per heavy atom. The molecule has 2 amide bonds. The van der Waals surface area contributed by atoms with Crippen LogP contribution in [-0.2, 0) is 14.3 Å². The summed E-state index contributed by atoms with van der Waals surface area (Å²) in [5.41, 5.74) is 1.32. The number of rotatable bonds is 7. The number of anilines is 2. The van der Waals surface area contributed by atoms with Crippen LogP contribution < -0.4 is 15.4 Å². The van der Waals surface area contributed by atoms with E-state index in [9.17, 15) is 9.59 Å². The lowest BCUT2D eigenvalue weighted by Crippen LogP contribution is -2.41. The Kier molecular flexibility index (Phi) is 7.41. The maximum Gasteiger partial charge on any atom is 0.262 e. The highest BCUT2D eigenvalue weighted by molar-refractivity contribution is 9.10. The molecular weight excluding hydrogens is 426 g/mol. The number of amides is 2. The number of ether oxygens (including phenoxy) is 2. The van der Waals surface area contributed by atoms with Crippen molar-refractivity contribution >= 4 is 39.1 Å². The highest BCUT2D eigenvalue weighted by Crippen LogP contribution is 2.18. The number of nitrogens with zero attached hydrogens (tertiary/aromatic N) is 1. The number of benzene rings is 2. The predicted molar refractivity (Wildman–Crippen MR) is 111 cm³/mol. The zero-order valence-corrected chi connectivity index (χ0v) is 16.9. The van der Waals surface area contributed by atoms with Gasteiger partial charge < -0.3 is 20.1 Å². The average molecular weight is 448 g/mol. The van der Waals surface area contributed by atoms with Crippen LogP contribution >= 0.6 is 15.9 Å². The summed E-state index contributed by atoms with van der Waals surface area (Å²) in [6.45, 7) is 3.10. The van der Waals surface area contributed by atoms with Crippen molar-refractivity contribution in [2.75, 3.05) is 50.1 Å². The second-order valence-electron chi connectivity index (χ2n) is 6.31. The third-order valence-corrected chi connectivity index (χ3v) is 4.58. The summed E-state index contributed by atoms with van der Waals surface area (Å²) in [6, 6.07) is 14.3. The van der Waals surface area contributed by atoms with Crippen LogP contribution in [0.25, 0.3) is 0 Å². The minimum absolute atomic E-state index is 0.0684. The fourth-order valence-electron chi connectivity index (χ4n) is 2.70. The van der Waals surface area contributed by atoms with E-state index in [1.165, 1.54) is 0 Å². The molecule has 8 heteroatoms. The number of carbonyl (C=O) groups is 2. The standard InChI is InChI=1S/C20H22BrN3O4/c21-15-2-1-3-18(12-15)28-14-20(26)23-17-6-4-16(5-7-17)22-19(25)13-24-8-10-27-11-9-24/h1-7,12H,8-11,13-14H2,(H,22,25)(H,23,26). The first-order chi connectivity index (χ1) is 13.6. The minimum Gasteiger partial charge on any atom is -0.484 e. The maximum atomic E-state index is 12.1. The van der Waals surface area contributed by atoms with Crippen molar-refractivity contribution in [1.29, 1.82) is 0 Å². The van der Waals surface area contributed by atoms with Gasteiger partial charge in [0, 0.05) is 28.9 Å².